The molecule has 0 N–H and O–H groups in total. The molecule has 0 amide bonds. The Morgan fingerprint density at radius 3 is 2.34 bits per heavy atom. The summed E-state index contributed by atoms with van der Waals surface area (Å²) in [4.78, 5) is 24.6. The minimum absolute atomic E-state index is 0. The van der Waals surface area contributed by atoms with Crippen molar-refractivity contribution in [3.8, 4) is 0 Å². The van der Waals surface area contributed by atoms with Crippen LogP contribution in [-0.4, -0.2) is 48.9 Å². The third kappa shape index (κ3) is 4.95. The van der Waals surface area contributed by atoms with Crippen LogP contribution >= 0.6 is 0 Å². The number of hydrogen-bond donors (Lipinski definition) is 0. The minimum atomic E-state index is -0.209. The highest BCUT2D eigenvalue weighted by atomic mass is 35.5. The molecular formula is C23H32ClNO4. The molecule has 160 valence electrons. The lowest BCUT2D eigenvalue weighted by Crippen LogP contribution is -3.00. The van der Waals surface area contributed by atoms with E-state index in [1.54, 1.807) is 0 Å². The van der Waals surface area contributed by atoms with Crippen LogP contribution < -0.4 is 12.4 Å². The molecule has 0 radical (unpaired) electrons. The van der Waals surface area contributed by atoms with Gasteiger partial charge < -0.3 is 21.9 Å². The normalized spacial score (nSPS) is 29.7. The molecule has 3 aliphatic heterocycles. The molecule has 4 aliphatic rings. The molecule has 2 unspecified atom stereocenters. The fourth-order valence-electron chi connectivity index (χ4n) is 5.59. The van der Waals surface area contributed by atoms with Gasteiger partial charge in [-0.2, -0.15) is 0 Å². The van der Waals surface area contributed by atoms with Gasteiger partial charge in [-0.05, 0) is 24.3 Å². The van der Waals surface area contributed by atoms with Gasteiger partial charge in [0.05, 0.1) is 19.0 Å². The SMILES string of the molecule is CC(=O)OC1C[N+]2(COC(=O)C(c3ccccc3)C3CCCC3)CCC1CC2.[Cl-]. The van der Waals surface area contributed by atoms with Gasteiger partial charge >= 0.3 is 11.9 Å². The second-order valence-corrected chi connectivity index (χ2v) is 8.98. The van der Waals surface area contributed by atoms with Gasteiger partial charge in [0.2, 0.25) is 6.73 Å². The maximum Gasteiger partial charge on any atom is 0.317 e. The maximum absolute atomic E-state index is 13.2. The Hall–Kier alpha value is -1.59. The Kier molecular flexibility index (Phi) is 7.23. The molecule has 2 atom stereocenters. The molecule has 0 aromatic heterocycles. The molecule has 0 spiro atoms. The van der Waals surface area contributed by atoms with Crippen LogP contribution in [0, 0.1) is 11.8 Å². The van der Waals surface area contributed by atoms with Crippen molar-refractivity contribution in [2.75, 3.05) is 26.4 Å². The number of esters is 2. The summed E-state index contributed by atoms with van der Waals surface area (Å²) in [5, 5.41) is 0. The van der Waals surface area contributed by atoms with Crippen LogP contribution in [-0.2, 0) is 19.1 Å². The number of piperidine rings is 3. The van der Waals surface area contributed by atoms with Crippen molar-refractivity contribution in [3.05, 3.63) is 35.9 Å². The molecule has 29 heavy (non-hydrogen) atoms. The van der Waals surface area contributed by atoms with Gasteiger partial charge in [-0.25, -0.2) is 0 Å². The van der Waals surface area contributed by atoms with E-state index in [2.05, 4.69) is 12.1 Å². The molecule has 1 saturated carbocycles. The smallest absolute Gasteiger partial charge is 0.317 e. The van der Waals surface area contributed by atoms with Gasteiger partial charge in [0, 0.05) is 25.7 Å². The lowest BCUT2D eigenvalue weighted by atomic mass is 9.83. The highest BCUT2D eigenvalue weighted by molar-refractivity contribution is 5.78. The van der Waals surface area contributed by atoms with Crippen molar-refractivity contribution in [3.63, 3.8) is 0 Å². The largest absolute Gasteiger partial charge is 1.00 e. The van der Waals surface area contributed by atoms with Gasteiger partial charge in [-0.1, -0.05) is 43.2 Å². The van der Waals surface area contributed by atoms with E-state index in [9.17, 15) is 9.59 Å². The number of benzene rings is 1. The molecule has 6 heteroatoms. The summed E-state index contributed by atoms with van der Waals surface area (Å²) in [6.07, 6.45) is 6.66. The Morgan fingerprint density at radius 2 is 1.72 bits per heavy atom. The van der Waals surface area contributed by atoms with Crippen molar-refractivity contribution in [2.45, 2.75) is 57.5 Å². The van der Waals surface area contributed by atoms with E-state index in [4.69, 9.17) is 9.47 Å². The molecule has 1 aliphatic carbocycles. The summed E-state index contributed by atoms with van der Waals surface area (Å²) in [5.74, 6) is 0.404. The summed E-state index contributed by atoms with van der Waals surface area (Å²) in [7, 11) is 0. The van der Waals surface area contributed by atoms with Crippen LogP contribution in [0.15, 0.2) is 30.3 Å². The molecule has 3 saturated heterocycles. The molecule has 3 heterocycles. The molecule has 2 bridgehead atoms. The van der Waals surface area contributed by atoms with E-state index in [0.29, 0.717) is 18.6 Å². The zero-order valence-corrected chi connectivity index (χ0v) is 18.0. The highest BCUT2D eigenvalue weighted by Crippen LogP contribution is 2.39. The number of ether oxygens (including phenoxy) is 2. The lowest BCUT2D eigenvalue weighted by Gasteiger charge is -2.51. The van der Waals surface area contributed by atoms with E-state index in [-0.39, 0.29) is 36.4 Å². The van der Waals surface area contributed by atoms with E-state index in [0.717, 1.165) is 55.4 Å². The first-order valence-corrected chi connectivity index (χ1v) is 10.8. The second kappa shape index (κ2) is 9.48. The Morgan fingerprint density at radius 1 is 1.07 bits per heavy atom. The second-order valence-electron chi connectivity index (χ2n) is 8.98. The monoisotopic (exact) mass is 421 g/mol. The number of nitrogens with zero attached hydrogens (tertiary/aromatic N) is 1. The molecule has 1 aromatic rings. The van der Waals surface area contributed by atoms with Crippen molar-refractivity contribution in [2.24, 2.45) is 11.8 Å². The average Bonchev–Trinajstić information content (AvgIpc) is 3.22. The van der Waals surface area contributed by atoms with Crippen LogP contribution in [0.5, 0.6) is 0 Å². The summed E-state index contributed by atoms with van der Waals surface area (Å²) in [6, 6.07) is 10.1. The first kappa shape index (κ1) is 22.1. The fourth-order valence-corrected chi connectivity index (χ4v) is 5.59. The van der Waals surface area contributed by atoms with Crippen LogP contribution in [0.4, 0.5) is 0 Å². The van der Waals surface area contributed by atoms with E-state index < -0.39 is 0 Å². The van der Waals surface area contributed by atoms with Crippen LogP contribution in [0.3, 0.4) is 0 Å². The van der Waals surface area contributed by atoms with E-state index in [1.807, 2.05) is 18.2 Å². The molecular weight excluding hydrogens is 390 g/mol. The maximum atomic E-state index is 13.2. The van der Waals surface area contributed by atoms with Crippen LogP contribution in [0.2, 0.25) is 0 Å². The summed E-state index contributed by atoms with van der Waals surface area (Å²) in [5.41, 5.74) is 1.08. The van der Waals surface area contributed by atoms with Crippen LogP contribution in [0.1, 0.15) is 56.9 Å². The number of fused-ring (bicyclic) bond motifs is 3. The zero-order chi connectivity index (χ0) is 19.6. The first-order chi connectivity index (χ1) is 13.6. The predicted octanol–water partition coefficient (Wildman–Crippen LogP) is 0.637. The number of rotatable bonds is 6. The van der Waals surface area contributed by atoms with Gasteiger partial charge in [0.25, 0.3) is 0 Å². The Balaban J connectivity index is 0.00000240. The van der Waals surface area contributed by atoms with Crippen molar-refractivity contribution in [1.82, 2.24) is 0 Å². The van der Waals surface area contributed by atoms with E-state index >= 15 is 0 Å². The van der Waals surface area contributed by atoms with Gasteiger partial charge in [0.15, 0.2) is 6.10 Å². The third-order valence-corrected chi connectivity index (χ3v) is 7.12. The molecule has 5 nitrogen and oxygen atoms in total. The standard InChI is InChI=1S/C23H32NO4.ClH/c1-17(25)28-21-15-24(13-11-18(21)12-14-24)16-27-23(26)22(20-9-5-6-10-20)19-7-3-2-4-8-19;/h2-4,7-8,18,20-22H,5-6,9-16H2,1H3;1H/q+1;/p-1. The van der Waals surface area contributed by atoms with E-state index in [1.165, 1.54) is 19.8 Å². The summed E-state index contributed by atoms with van der Waals surface area (Å²) in [6.45, 7) is 4.68. The first-order valence-electron chi connectivity index (χ1n) is 10.8. The fraction of sp³-hybridized carbons (Fsp3) is 0.652. The number of halogens is 1. The van der Waals surface area contributed by atoms with Crippen molar-refractivity contribution >= 4 is 11.9 Å². The molecule has 5 rings (SSSR count). The zero-order valence-electron chi connectivity index (χ0n) is 17.2. The number of quaternary nitrogens is 1. The summed E-state index contributed by atoms with van der Waals surface area (Å²) < 4.78 is 12.3. The Labute approximate surface area is 179 Å². The van der Waals surface area contributed by atoms with Gasteiger partial charge in [0.1, 0.15) is 6.54 Å². The van der Waals surface area contributed by atoms with Crippen molar-refractivity contribution in [1.29, 1.82) is 0 Å². The lowest BCUT2D eigenvalue weighted by molar-refractivity contribution is -0.960. The third-order valence-electron chi connectivity index (χ3n) is 7.12. The average molecular weight is 422 g/mol. The summed E-state index contributed by atoms with van der Waals surface area (Å²) >= 11 is 0. The Bertz CT molecular complexity index is 696. The topological polar surface area (TPSA) is 52.6 Å². The van der Waals surface area contributed by atoms with Crippen LogP contribution in [0.25, 0.3) is 0 Å². The highest BCUT2D eigenvalue weighted by Gasteiger charge is 2.48. The quantitative estimate of drug-likeness (QED) is 0.499. The minimum Gasteiger partial charge on any atom is -1.00 e. The number of carbonyl (C=O) groups excluding carboxylic acids is 2. The predicted molar refractivity (Wildman–Crippen MR) is 105 cm³/mol. The molecule has 4 fully saturated rings. The van der Waals surface area contributed by atoms with Crippen molar-refractivity contribution < 1.29 is 36.0 Å². The molecule has 1 aromatic carbocycles. The van der Waals surface area contributed by atoms with Gasteiger partial charge in [-0.3, -0.25) is 14.1 Å². The number of carbonyl (C=O) groups is 2. The number of hydrogen-bond acceptors (Lipinski definition) is 4. The van der Waals surface area contributed by atoms with Gasteiger partial charge in [-0.15, -0.1) is 0 Å².